The number of benzene rings is 1. The van der Waals surface area contributed by atoms with Gasteiger partial charge in [0.1, 0.15) is 4.90 Å². The smallest absolute Gasteiger partial charge is 0.262 e. The Bertz CT molecular complexity index is 468. The molecule has 0 atom stereocenters. The van der Waals surface area contributed by atoms with Crippen LogP contribution in [0.4, 0.5) is 0 Å². The van der Waals surface area contributed by atoms with Crippen LogP contribution in [0.2, 0.25) is 10.0 Å². The minimum absolute atomic E-state index is 0.0727. The van der Waals surface area contributed by atoms with E-state index in [1.54, 1.807) is 0 Å². The lowest BCUT2D eigenvalue weighted by atomic mass is 10.4. The molecule has 0 saturated heterocycles. The van der Waals surface area contributed by atoms with Crippen LogP contribution in [0.25, 0.3) is 0 Å². The zero-order valence-corrected chi connectivity index (χ0v) is 9.94. The maximum Gasteiger partial charge on any atom is 0.298 e. The number of halogens is 2. The molecule has 0 spiro atoms. The van der Waals surface area contributed by atoms with Crippen molar-refractivity contribution in [1.29, 1.82) is 0 Å². The van der Waals surface area contributed by atoms with Gasteiger partial charge in [-0.15, -0.1) is 6.58 Å². The van der Waals surface area contributed by atoms with Crippen LogP contribution in [0.5, 0.6) is 0 Å². The lowest BCUT2D eigenvalue weighted by Gasteiger charge is -2.05. The SMILES string of the molecule is C=CCOS(=O)(=O)c1cc(Cl)ccc1Cl. The van der Waals surface area contributed by atoms with Crippen LogP contribution in [0.1, 0.15) is 0 Å². The predicted molar refractivity (Wildman–Crippen MR) is 59.8 cm³/mol. The molecule has 0 bridgehead atoms. The van der Waals surface area contributed by atoms with Crippen molar-refractivity contribution < 1.29 is 12.6 Å². The Balaban J connectivity index is 3.14. The fraction of sp³-hybridized carbons (Fsp3) is 0.111. The molecule has 3 nitrogen and oxygen atoms in total. The molecule has 82 valence electrons. The lowest BCUT2D eigenvalue weighted by Crippen LogP contribution is -2.07. The maximum absolute atomic E-state index is 11.6. The van der Waals surface area contributed by atoms with Gasteiger partial charge in [-0.2, -0.15) is 8.42 Å². The molecule has 0 aliphatic carbocycles. The summed E-state index contributed by atoms with van der Waals surface area (Å²) >= 11 is 11.4. The van der Waals surface area contributed by atoms with Gasteiger partial charge in [0.15, 0.2) is 0 Å². The van der Waals surface area contributed by atoms with Gasteiger partial charge < -0.3 is 0 Å². The second kappa shape index (κ2) is 4.99. The van der Waals surface area contributed by atoms with E-state index in [1.165, 1.54) is 24.3 Å². The first-order chi connectivity index (χ1) is 6.97. The summed E-state index contributed by atoms with van der Waals surface area (Å²) in [6, 6.07) is 4.13. The van der Waals surface area contributed by atoms with Gasteiger partial charge in [0, 0.05) is 5.02 Å². The summed E-state index contributed by atoms with van der Waals surface area (Å²) in [6.45, 7) is 3.24. The fourth-order valence-electron chi connectivity index (χ4n) is 0.870. The number of rotatable bonds is 4. The van der Waals surface area contributed by atoms with Crippen molar-refractivity contribution in [2.45, 2.75) is 4.90 Å². The summed E-state index contributed by atoms with van der Waals surface area (Å²) in [5.74, 6) is 0. The summed E-state index contributed by atoms with van der Waals surface area (Å²) in [5, 5.41) is 0.351. The average molecular weight is 267 g/mol. The molecule has 0 aromatic heterocycles. The van der Waals surface area contributed by atoms with Crippen molar-refractivity contribution in [3.63, 3.8) is 0 Å². The third-order valence-electron chi connectivity index (χ3n) is 1.50. The largest absolute Gasteiger partial charge is 0.298 e. The number of hydrogen-bond acceptors (Lipinski definition) is 3. The van der Waals surface area contributed by atoms with Gasteiger partial charge in [0.2, 0.25) is 0 Å². The standard InChI is InChI=1S/C9H8Cl2O3S/c1-2-5-14-15(12,13)9-6-7(10)3-4-8(9)11/h2-4,6H,1,5H2. The van der Waals surface area contributed by atoms with Crippen molar-refractivity contribution in [3.8, 4) is 0 Å². The summed E-state index contributed by atoms with van der Waals surface area (Å²) in [5.41, 5.74) is 0. The summed E-state index contributed by atoms with van der Waals surface area (Å²) in [6.07, 6.45) is 1.33. The van der Waals surface area contributed by atoms with Crippen LogP contribution in [-0.2, 0) is 14.3 Å². The Morgan fingerprint density at radius 3 is 2.67 bits per heavy atom. The Morgan fingerprint density at radius 2 is 2.07 bits per heavy atom. The van der Waals surface area contributed by atoms with E-state index in [2.05, 4.69) is 10.8 Å². The van der Waals surface area contributed by atoms with E-state index in [1.807, 2.05) is 0 Å². The molecular weight excluding hydrogens is 259 g/mol. The van der Waals surface area contributed by atoms with Gasteiger partial charge >= 0.3 is 0 Å². The Morgan fingerprint density at radius 1 is 1.40 bits per heavy atom. The minimum atomic E-state index is -3.86. The van der Waals surface area contributed by atoms with Crippen LogP contribution in [0.3, 0.4) is 0 Å². The van der Waals surface area contributed by atoms with E-state index in [-0.39, 0.29) is 21.5 Å². The Hall–Kier alpha value is -0.550. The van der Waals surface area contributed by atoms with Crippen molar-refractivity contribution in [2.75, 3.05) is 6.61 Å². The highest BCUT2D eigenvalue weighted by molar-refractivity contribution is 7.86. The Kier molecular flexibility index (Phi) is 4.16. The normalized spacial score (nSPS) is 11.3. The van der Waals surface area contributed by atoms with E-state index in [4.69, 9.17) is 23.2 Å². The molecular formula is C9H8Cl2O3S. The van der Waals surface area contributed by atoms with Gasteiger partial charge in [0.05, 0.1) is 11.6 Å². The zero-order chi connectivity index (χ0) is 11.5. The molecule has 6 heteroatoms. The van der Waals surface area contributed by atoms with Crippen LogP contribution >= 0.6 is 23.2 Å². The molecule has 0 heterocycles. The van der Waals surface area contributed by atoms with E-state index >= 15 is 0 Å². The zero-order valence-electron chi connectivity index (χ0n) is 7.61. The first-order valence-corrected chi connectivity index (χ1v) is 6.09. The predicted octanol–water partition coefficient (Wildman–Crippen LogP) is 2.88. The highest BCUT2D eigenvalue weighted by Gasteiger charge is 2.18. The molecule has 0 aliphatic heterocycles. The third kappa shape index (κ3) is 3.21. The maximum atomic E-state index is 11.6. The molecule has 15 heavy (non-hydrogen) atoms. The topological polar surface area (TPSA) is 43.4 Å². The Labute approximate surface area is 98.4 Å². The highest BCUT2D eigenvalue weighted by atomic mass is 35.5. The van der Waals surface area contributed by atoms with E-state index in [0.29, 0.717) is 0 Å². The lowest BCUT2D eigenvalue weighted by molar-refractivity contribution is 0.357. The van der Waals surface area contributed by atoms with Crippen LogP contribution in [0, 0.1) is 0 Å². The summed E-state index contributed by atoms with van der Waals surface area (Å²) < 4.78 is 27.7. The number of hydrogen-bond donors (Lipinski definition) is 0. The van der Waals surface area contributed by atoms with Crippen molar-refractivity contribution in [1.82, 2.24) is 0 Å². The molecule has 0 saturated carbocycles. The van der Waals surface area contributed by atoms with Gasteiger partial charge in [-0.3, -0.25) is 4.18 Å². The first-order valence-electron chi connectivity index (χ1n) is 3.93. The van der Waals surface area contributed by atoms with Crippen LogP contribution < -0.4 is 0 Å². The molecule has 1 aromatic carbocycles. The second-order valence-electron chi connectivity index (χ2n) is 2.60. The molecule has 1 rings (SSSR count). The van der Waals surface area contributed by atoms with Gasteiger partial charge in [0.25, 0.3) is 10.1 Å². The molecule has 0 radical (unpaired) electrons. The van der Waals surface area contributed by atoms with E-state index in [9.17, 15) is 8.42 Å². The molecule has 0 unspecified atom stereocenters. The minimum Gasteiger partial charge on any atom is -0.262 e. The third-order valence-corrected chi connectivity index (χ3v) is 3.50. The summed E-state index contributed by atoms with van der Waals surface area (Å²) in [4.78, 5) is -0.140. The van der Waals surface area contributed by atoms with Crippen molar-refractivity contribution in [3.05, 3.63) is 40.9 Å². The molecule has 0 amide bonds. The van der Waals surface area contributed by atoms with Gasteiger partial charge in [-0.1, -0.05) is 29.3 Å². The molecule has 0 N–H and O–H groups in total. The average Bonchev–Trinajstić information content (AvgIpc) is 2.18. The van der Waals surface area contributed by atoms with Gasteiger partial charge in [-0.25, -0.2) is 0 Å². The van der Waals surface area contributed by atoms with E-state index < -0.39 is 10.1 Å². The van der Waals surface area contributed by atoms with Gasteiger partial charge in [-0.05, 0) is 18.2 Å². The van der Waals surface area contributed by atoms with E-state index in [0.717, 1.165) is 0 Å². The fourth-order valence-corrected chi connectivity index (χ4v) is 2.49. The monoisotopic (exact) mass is 266 g/mol. The highest BCUT2D eigenvalue weighted by Crippen LogP contribution is 2.26. The van der Waals surface area contributed by atoms with Crippen LogP contribution in [0.15, 0.2) is 35.7 Å². The molecule has 0 fully saturated rings. The van der Waals surface area contributed by atoms with Crippen molar-refractivity contribution in [2.24, 2.45) is 0 Å². The van der Waals surface area contributed by atoms with Crippen molar-refractivity contribution >= 4 is 33.3 Å². The van der Waals surface area contributed by atoms with Crippen LogP contribution in [-0.4, -0.2) is 15.0 Å². The molecule has 1 aromatic rings. The molecule has 0 aliphatic rings. The summed E-state index contributed by atoms with van der Waals surface area (Å²) in [7, 11) is -3.86. The second-order valence-corrected chi connectivity index (χ2v) is 5.03. The first kappa shape index (κ1) is 12.5. The quantitative estimate of drug-likeness (QED) is 0.622.